The summed E-state index contributed by atoms with van der Waals surface area (Å²) in [6.07, 6.45) is 0. The van der Waals surface area contributed by atoms with Crippen LogP contribution < -0.4 is 5.73 Å². The molecule has 0 spiro atoms. The summed E-state index contributed by atoms with van der Waals surface area (Å²) in [5.41, 5.74) is 8.26. The molecule has 2 heterocycles. The highest BCUT2D eigenvalue weighted by Crippen LogP contribution is 2.30. The van der Waals surface area contributed by atoms with Gasteiger partial charge in [0.15, 0.2) is 0 Å². The summed E-state index contributed by atoms with van der Waals surface area (Å²) in [6.45, 7) is 1.88. The number of nitrogens with two attached hydrogens (primary N) is 1. The Hall–Kier alpha value is -1.95. The first-order chi connectivity index (χ1) is 9.47. The Morgan fingerprint density at radius 3 is 2.45 bits per heavy atom. The van der Waals surface area contributed by atoms with Crippen molar-refractivity contribution < 1.29 is 8.78 Å². The fourth-order valence-corrected chi connectivity index (χ4v) is 2.50. The molecule has 3 nitrogen and oxygen atoms in total. The molecule has 0 radical (unpaired) electrons. The number of hydrogen-bond acceptors (Lipinski definition) is 2. The van der Waals surface area contributed by atoms with Crippen LogP contribution >= 0.6 is 15.9 Å². The number of fused-ring (bicyclic) bond motifs is 1. The molecule has 0 fully saturated rings. The van der Waals surface area contributed by atoms with Crippen molar-refractivity contribution >= 4 is 27.4 Å². The quantitative estimate of drug-likeness (QED) is 0.731. The molecule has 3 rings (SSSR count). The molecule has 20 heavy (non-hydrogen) atoms. The Morgan fingerprint density at radius 1 is 1.15 bits per heavy atom. The fourth-order valence-electron chi connectivity index (χ4n) is 2.19. The number of aromatic nitrogens is 2. The van der Waals surface area contributed by atoms with E-state index in [1.165, 1.54) is 12.1 Å². The van der Waals surface area contributed by atoms with Crippen LogP contribution in [0.4, 0.5) is 14.6 Å². The third kappa shape index (κ3) is 1.96. The molecule has 2 N–H and O–H groups in total. The number of imidazole rings is 1. The van der Waals surface area contributed by atoms with Crippen LogP contribution in [0.1, 0.15) is 5.69 Å². The van der Waals surface area contributed by atoms with Gasteiger partial charge in [-0.1, -0.05) is 0 Å². The molecule has 0 bridgehead atoms. The SMILES string of the molecule is Cc1c(Br)ccc2nc(-c3cc(F)cc(F)c3)c(N)n12. The number of nitrogens with zero attached hydrogens (tertiary/aromatic N) is 2. The zero-order valence-electron chi connectivity index (χ0n) is 10.5. The second-order valence-electron chi connectivity index (χ2n) is 4.46. The second kappa shape index (κ2) is 4.56. The zero-order chi connectivity index (χ0) is 14.4. The minimum atomic E-state index is -0.658. The van der Waals surface area contributed by atoms with Crippen LogP contribution in [0.5, 0.6) is 0 Å². The number of benzene rings is 1. The van der Waals surface area contributed by atoms with E-state index in [0.717, 1.165) is 16.2 Å². The van der Waals surface area contributed by atoms with Crippen LogP contribution in [0.25, 0.3) is 16.9 Å². The normalized spacial score (nSPS) is 11.2. The lowest BCUT2D eigenvalue weighted by Crippen LogP contribution is -1.98. The third-order valence-corrected chi connectivity index (χ3v) is 3.97. The minimum absolute atomic E-state index is 0.319. The maximum Gasteiger partial charge on any atom is 0.139 e. The molecule has 6 heteroatoms. The van der Waals surface area contributed by atoms with Crippen LogP contribution in [0.2, 0.25) is 0 Å². The number of halogens is 3. The molecule has 0 aliphatic heterocycles. The zero-order valence-corrected chi connectivity index (χ0v) is 12.1. The van der Waals surface area contributed by atoms with Gasteiger partial charge >= 0.3 is 0 Å². The van der Waals surface area contributed by atoms with Gasteiger partial charge in [-0.15, -0.1) is 0 Å². The number of anilines is 1. The van der Waals surface area contributed by atoms with E-state index in [-0.39, 0.29) is 0 Å². The number of nitrogen functional groups attached to an aromatic ring is 1. The standard InChI is InChI=1S/C14H10BrF2N3/c1-7-11(15)2-3-12-19-13(14(18)20(7)12)8-4-9(16)6-10(17)5-8/h2-6H,18H2,1H3. The van der Waals surface area contributed by atoms with Crippen LogP contribution in [-0.4, -0.2) is 9.38 Å². The van der Waals surface area contributed by atoms with Gasteiger partial charge in [0.25, 0.3) is 0 Å². The van der Waals surface area contributed by atoms with Crippen LogP contribution in [0, 0.1) is 18.6 Å². The summed E-state index contributed by atoms with van der Waals surface area (Å²) < 4.78 is 29.3. The van der Waals surface area contributed by atoms with Gasteiger partial charge in [-0.05, 0) is 47.1 Å². The van der Waals surface area contributed by atoms with E-state index < -0.39 is 11.6 Å². The van der Waals surface area contributed by atoms with E-state index in [4.69, 9.17) is 5.73 Å². The monoisotopic (exact) mass is 337 g/mol. The van der Waals surface area contributed by atoms with Gasteiger partial charge in [-0.2, -0.15) is 0 Å². The Balaban J connectivity index is 2.32. The van der Waals surface area contributed by atoms with Gasteiger partial charge in [0.2, 0.25) is 0 Å². The largest absolute Gasteiger partial charge is 0.383 e. The van der Waals surface area contributed by atoms with E-state index in [1.807, 2.05) is 13.0 Å². The highest BCUT2D eigenvalue weighted by molar-refractivity contribution is 9.10. The lowest BCUT2D eigenvalue weighted by molar-refractivity contribution is 0.584. The predicted octanol–water partition coefficient (Wildman–Crippen LogP) is 3.93. The topological polar surface area (TPSA) is 43.3 Å². The molecule has 2 aromatic heterocycles. The Morgan fingerprint density at radius 2 is 1.80 bits per heavy atom. The van der Waals surface area contributed by atoms with Crippen LogP contribution in [-0.2, 0) is 0 Å². The van der Waals surface area contributed by atoms with Gasteiger partial charge in [0.1, 0.15) is 28.8 Å². The van der Waals surface area contributed by atoms with E-state index in [1.54, 1.807) is 10.5 Å². The molecule has 0 saturated heterocycles. The molecule has 1 aromatic carbocycles. The smallest absolute Gasteiger partial charge is 0.139 e. The number of pyridine rings is 1. The maximum absolute atomic E-state index is 13.3. The first-order valence-corrected chi connectivity index (χ1v) is 6.66. The average molecular weight is 338 g/mol. The number of rotatable bonds is 1. The third-order valence-electron chi connectivity index (χ3n) is 3.13. The maximum atomic E-state index is 13.3. The summed E-state index contributed by atoms with van der Waals surface area (Å²) in [4.78, 5) is 4.35. The second-order valence-corrected chi connectivity index (χ2v) is 5.32. The summed E-state index contributed by atoms with van der Waals surface area (Å²) in [7, 11) is 0. The van der Waals surface area contributed by atoms with Gasteiger partial charge in [0.05, 0.1) is 0 Å². The summed E-state index contributed by atoms with van der Waals surface area (Å²) in [6, 6.07) is 6.88. The molecule has 0 aliphatic rings. The first-order valence-electron chi connectivity index (χ1n) is 5.87. The van der Waals surface area contributed by atoms with Crippen molar-refractivity contribution in [1.29, 1.82) is 0 Å². The molecular weight excluding hydrogens is 328 g/mol. The van der Waals surface area contributed by atoms with Crippen molar-refractivity contribution in [2.24, 2.45) is 0 Å². The van der Waals surface area contributed by atoms with Gasteiger partial charge < -0.3 is 5.73 Å². The lowest BCUT2D eigenvalue weighted by Gasteiger charge is -2.04. The predicted molar refractivity (Wildman–Crippen MR) is 77.4 cm³/mol. The van der Waals surface area contributed by atoms with E-state index in [0.29, 0.717) is 22.7 Å². The summed E-state index contributed by atoms with van der Waals surface area (Å²) >= 11 is 3.42. The Labute approximate surface area is 122 Å². The summed E-state index contributed by atoms with van der Waals surface area (Å²) in [5, 5.41) is 0. The van der Waals surface area contributed by atoms with Crippen molar-refractivity contribution in [1.82, 2.24) is 9.38 Å². The molecule has 102 valence electrons. The molecule has 0 saturated carbocycles. The molecule has 0 amide bonds. The van der Waals surface area contributed by atoms with E-state index in [2.05, 4.69) is 20.9 Å². The van der Waals surface area contributed by atoms with Gasteiger partial charge in [0, 0.05) is 21.8 Å². The number of hydrogen-bond donors (Lipinski definition) is 1. The van der Waals surface area contributed by atoms with Crippen molar-refractivity contribution in [3.05, 3.63) is 52.1 Å². The lowest BCUT2D eigenvalue weighted by atomic mass is 10.1. The Kier molecular flexibility index (Phi) is 2.97. The molecule has 3 aromatic rings. The minimum Gasteiger partial charge on any atom is -0.383 e. The van der Waals surface area contributed by atoms with Crippen molar-refractivity contribution in [3.63, 3.8) is 0 Å². The number of aryl methyl sites for hydroxylation is 1. The average Bonchev–Trinajstić information content (AvgIpc) is 2.71. The van der Waals surface area contributed by atoms with Gasteiger partial charge in [-0.3, -0.25) is 4.40 Å². The molecule has 0 atom stereocenters. The molecular formula is C14H10BrF2N3. The molecule has 0 aliphatic carbocycles. The van der Waals surface area contributed by atoms with E-state index >= 15 is 0 Å². The van der Waals surface area contributed by atoms with E-state index in [9.17, 15) is 8.78 Å². The first kappa shape index (κ1) is 13.1. The highest BCUT2D eigenvalue weighted by Gasteiger charge is 2.15. The van der Waals surface area contributed by atoms with Crippen LogP contribution in [0.3, 0.4) is 0 Å². The van der Waals surface area contributed by atoms with Crippen molar-refractivity contribution in [2.45, 2.75) is 6.92 Å². The van der Waals surface area contributed by atoms with Gasteiger partial charge in [-0.25, -0.2) is 13.8 Å². The fraction of sp³-hybridized carbons (Fsp3) is 0.0714. The van der Waals surface area contributed by atoms with Crippen LogP contribution in [0.15, 0.2) is 34.8 Å². The Bertz CT molecular complexity index is 807. The van der Waals surface area contributed by atoms with Crippen molar-refractivity contribution in [2.75, 3.05) is 5.73 Å². The highest BCUT2D eigenvalue weighted by atomic mass is 79.9. The molecule has 0 unspecified atom stereocenters. The van der Waals surface area contributed by atoms with Crippen molar-refractivity contribution in [3.8, 4) is 11.3 Å². The summed E-state index contributed by atoms with van der Waals surface area (Å²) in [5.74, 6) is -0.965.